The number of anilines is 1. The second-order valence-electron chi connectivity index (χ2n) is 6.55. The maximum Gasteiger partial charge on any atom is 0.416 e. The number of piperidine rings is 1. The lowest BCUT2D eigenvalue weighted by molar-refractivity contribution is -0.137. The minimum Gasteiger partial charge on any atom is -0.369 e. The van der Waals surface area contributed by atoms with Gasteiger partial charge in [0.15, 0.2) is 0 Å². The fourth-order valence-corrected chi connectivity index (χ4v) is 3.49. The Hall–Kier alpha value is -2.42. The molecule has 2 heterocycles. The molecule has 1 aromatic carbocycles. The average Bonchev–Trinajstić information content (AvgIpc) is 2.89. The number of carbonyl (C=O) groups excluding carboxylic acids is 3. The van der Waals surface area contributed by atoms with Crippen LogP contribution >= 0.6 is 0 Å². The first-order chi connectivity index (χ1) is 12.2. The highest BCUT2D eigenvalue weighted by atomic mass is 19.4. The first kappa shape index (κ1) is 18.4. The number of amides is 3. The van der Waals surface area contributed by atoms with E-state index >= 15 is 0 Å². The Bertz CT molecular complexity index is 742. The van der Waals surface area contributed by atoms with Gasteiger partial charge in [-0.05, 0) is 44.1 Å². The van der Waals surface area contributed by atoms with E-state index in [0.29, 0.717) is 25.9 Å². The Morgan fingerprint density at radius 1 is 1.15 bits per heavy atom. The number of nitrogens with zero attached hydrogens (tertiary/aromatic N) is 2. The Morgan fingerprint density at radius 3 is 2.38 bits per heavy atom. The van der Waals surface area contributed by atoms with Crippen molar-refractivity contribution < 1.29 is 27.6 Å². The van der Waals surface area contributed by atoms with Crippen LogP contribution in [0.2, 0.25) is 0 Å². The number of alkyl halides is 3. The maximum absolute atomic E-state index is 12.9. The lowest BCUT2D eigenvalue weighted by atomic mass is 9.95. The van der Waals surface area contributed by atoms with Crippen molar-refractivity contribution in [2.24, 2.45) is 11.7 Å². The molecular weight excluding hydrogens is 351 g/mol. The standard InChI is InChI=1S/C17H18F3N3O3/c18-17(19,20)11-2-1-3-12(8-11)23-14(24)9-13(16(23)26)22-6-4-10(5-7-22)15(21)25/h1-3,8,10,13H,4-7,9H2,(H2,21,25)/t13-/m0/s1. The molecule has 0 spiro atoms. The number of hydrogen-bond donors (Lipinski definition) is 1. The van der Waals surface area contributed by atoms with E-state index in [4.69, 9.17) is 5.73 Å². The molecule has 26 heavy (non-hydrogen) atoms. The molecular formula is C17H18F3N3O3. The molecule has 0 saturated carbocycles. The van der Waals surface area contributed by atoms with Crippen LogP contribution in [-0.2, 0) is 20.6 Å². The quantitative estimate of drug-likeness (QED) is 0.819. The van der Waals surface area contributed by atoms with Gasteiger partial charge in [0.1, 0.15) is 0 Å². The molecule has 0 radical (unpaired) electrons. The molecule has 0 aliphatic carbocycles. The van der Waals surface area contributed by atoms with Gasteiger partial charge in [-0.3, -0.25) is 19.3 Å². The highest BCUT2D eigenvalue weighted by Crippen LogP contribution is 2.34. The van der Waals surface area contributed by atoms with Gasteiger partial charge in [0, 0.05) is 5.92 Å². The molecule has 0 aromatic heterocycles. The monoisotopic (exact) mass is 369 g/mol. The minimum atomic E-state index is -4.56. The molecule has 2 fully saturated rings. The second-order valence-corrected chi connectivity index (χ2v) is 6.55. The number of benzene rings is 1. The predicted molar refractivity (Wildman–Crippen MR) is 85.8 cm³/mol. The van der Waals surface area contributed by atoms with Crippen molar-refractivity contribution in [3.63, 3.8) is 0 Å². The summed E-state index contributed by atoms with van der Waals surface area (Å²) in [5.74, 6) is -1.70. The summed E-state index contributed by atoms with van der Waals surface area (Å²) in [6, 6.07) is 3.46. The molecule has 1 atom stereocenters. The smallest absolute Gasteiger partial charge is 0.369 e. The van der Waals surface area contributed by atoms with Gasteiger partial charge in [-0.1, -0.05) is 6.07 Å². The van der Waals surface area contributed by atoms with Crippen molar-refractivity contribution in [3.05, 3.63) is 29.8 Å². The summed E-state index contributed by atoms with van der Waals surface area (Å²) in [6.45, 7) is 0.876. The summed E-state index contributed by atoms with van der Waals surface area (Å²) >= 11 is 0. The van der Waals surface area contributed by atoms with Crippen LogP contribution in [0.25, 0.3) is 0 Å². The second kappa shape index (κ2) is 6.71. The number of hydrogen-bond acceptors (Lipinski definition) is 4. The molecule has 2 aliphatic heterocycles. The van der Waals surface area contributed by atoms with Crippen LogP contribution in [0.1, 0.15) is 24.8 Å². The molecule has 2 saturated heterocycles. The lowest BCUT2D eigenvalue weighted by Gasteiger charge is -2.33. The molecule has 3 rings (SSSR count). The average molecular weight is 369 g/mol. The largest absolute Gasteiger partial charge is 0.416 e. The van der Waals surface area contributed by atoms with Gasteiger partial charge in [-0.2, -0.15) is 13.2 Å². The van der Waals surface area contributed by atoms with Gasteiger partial charge < -0.3 is 5.73 Å². The molecule has 2 N–H and O–H groups in total. The van der Waals surface area contributed by atoms with Crippen LogP contribution in [0.3, 0.4) is 0 Å². The zero-order valence-electron chi connectivity index (χ0n) is 13.8. The molecule has 6 nitrogen and oxygen atoms in total. The zero-order valence-corrected chi connectivity index (χ0v) is 13.8. The number of rotatable bonds is 3. The van der Waals surface area contributed by atoms with E-state index in [9.17, 15) is 27.6 Å². The third-order valence-corrected chi connectivity index (χ3v) is 4.93. The summed E-state index contributed by atoms with van der Waals surface area (Å²) in [7, 11) is 0. The highest BCUT2D eigenvalue weighted by Gasteiger charge is 2.44. The van der Waals surface area contributed by atoms with E-state index in [2.05, 4.69) is 0 Å². The first-order valence-corrected chi connectivity index (χ1v) is 8.26. The van der Waals surface area contributed by atoms with Gasteiger partial charge in [-0.25, -0.2) is 4.90 Å². The van der Waals surface area contributed by atoms with Crippen LogP contribution in [0.5, 0.6) is 0 Å². The number of carbonyl (C=O) groups is 3. The summed E-state index contributed by atoms with van der Waals surface area (Å²) < 4.78 is 38.7. The molecule has 140 valence electrons. The first-order valence-electron chi connectivity index (χ1n) is 8.26. The fourth-order valence-electron chi connectivity index (χ4n) is 3.49. The van der Waals surface area contributed by atoms with Crippen LogP contribution in [0.15, 0.2) is 24.3 Å². The number of halogens is 3. The Kier molecular flexibility index (Phi) is 4.74. The zero-order chi connectivity index (χ0) is 19.1. The normalized spacial score (nSPS) is 22.9. The van der Waals surface area contributed by atoms with Crippen molar-refractivity contribution in [2.75, 3.05) is 18.0 Å². The van der Waals surface area contributed by atoms with Crippen molar-refractivity contribution in [2.45, 2.75) is 31.5 Å². The molecule has 3 amide bonds. The molecule has 0 unspecified atom stereocenters. The fraction of sp³-hybridized carbons (Fsp3) is 0.471. The number of nitrogens with two attached hydrogens (primary N) is 1. The summed E-state index contributed by atoms with van der Waals surface area (Å²) in [5.41, 5.74) is 4.29. The Morgan fingerprint density at radius 2 is 1.81 bits per heavy atom. The summed E-state index contributed by atoms with van der Waals surface area (Å²) in [6.07, 6.45) is -3.65. The predicted octanol–water partition coefficient (Wildman–Crippen LogP) is 1.53. The SMILES string of the molecule is NC(=O)C1CCN([C@H]2CC(=O)N(c3cccc(C(F)(F)F)c3)C2=O)CC1. The van der Waals surface area contributed by atoms with Crippen LogP contribution < -0.4 is 10.6 Å². The molecule has 0 bridgehead atoms. The van der Waals surface area contributed by atoms with Gasteiger partial charge in [0.05, 0.1) is 23.7 Å². The van der Waals surface area contributed by atoms with E-state index in [-0.39, 0.29) is 23.9 Å². The topological polar surface area (TPSA) is 83.7 Å². The third kappa shape index (κ3) is 3.44. The number of likely N-dealkylation sites (tertiary alicyclic amines) is 1. The number of primary amides is 1. The van der Waals surface area contributed by atoms with Crippen molar-refractivity contribution in [1.82, 2.24) is 4.90 Å². The number of imide groups is 1. The molecule has 9 heteroatoms. The van der Waals surface area contributed by atoms with Gasteiger partial charge in [-0.15, -0.1) is 0 Å². The van der Waals surface area contributed by atoms with Crippen LogP contribution in [-0.4, -0.2) is 41.8 Å². The van der Waals surface area contributed by atoms with Crippen LogP contribution in [0, 0.1) is 5.92 Å². The third-order valence-electron chi connectivity index (χ3n) is 4.93. The Labute approximate surface area is 147 Å². The summed E-state index contributed by atoms with van der Waals surface area (Å²) in [5, 5.41) is 0. The van der Waals surface area contributed by atoms with Crippen molar-refractivity contribution in [1.29, 1.82) is 0 Å². The molecule has 1 aromatic rings. The summed E-state index contributed by atoms with van der Waals surface area (Å²) in [4.78, 5) is 38.8. The van der Waals surface area contributed by atoms with Crippen LogP contribution in [0.4, 0.5) is 18.9 Å². The lowest BCUT2D eigenvalue weighted by Crippen LogP contribution is -2.47. The van der Waals surface area contributed by atoms with E-state index in [0.717, 1.165) is 17.0 Å². The van der Waals surface area contributed by atoms with E-state index in [1.807, 2.05) is 0 Å². The Balaban J connectivity index is 1.77. The van der Waals surface area contributed by atoms with Gasteiger partial charge in [0.25, 0.3) is 5.91 Å². The minimum absolute atomic E-state index is 0.0793. The molecule has 2 aliphatic rings. The van der Waals surface area contributed by atoms with Crippen molar-refractivity contribution in [3.8, 4) is 0 Å². The maximum atomic E-state index is 12.9. The highest BCUT2D eigenvalue weighted by molar-refractivity contribution is 6.22. The van der Waals surface area contributed by atoms with Gasteiger partial charge >= 0.3 is 6.18 Å². The van der Waals surface area contributed by atoms with Gasteiger partial charge in [0.2, 0.25) is 11.8 Å². The van der Waals surface area contributed by atoms with E-state index in [1.165, 1.54) is 12.1 Å². The van der Waals surface area contributed by atoms with E-state index < -0.39 is 29.6 Å². The van der Waals surface area contributed by atoms with Crippen molar-refractivity contribution >= 4 is 23.4 Å². The van der Waals surface area contributed by atoms with E-state index in [1.54, 1.807) is 4.90 Å².